The SMILES string of the molecule is Cc1ccc(NC(=S)N[C@@H](NC(=O)Cc2ccccc2)C(Cl)(Cl)Cl)c(C)c1. The van der Waals surface area contributed by atoms with Crippen LogP contribution in [0.25, 0.3) is 0 Å². The van der Waals surface area contributed by atoms with E-state index in [1.54, 1.807) is 0 Å². The number of aryl methyl sites for hydroxylation is 2. The second-order valence-electron chi connectivity index (χ2n) is 6.12. The van der Waals surface area contributed by atoms with Crippen LogP contribution in [0.5, 0.6) is 0 Å². The first-order chi connectivity index (χ1) is 12.6. The van der Waals surface area contributed by atoms with E-state index in [0.717, 1.165) is 22.4 Å². The summed E-state index contributed by atoms with van der Waals surface area (Å²) in [5.41, 5.74) is 3.85. The number of anilines is 1. The van der Waals surface area contributed by atoms with Crippen LogP contribution in [0.3, 0.4) is 0 Å². The van der Waals surface area contributed by atoms with Gasteiger partial charge in [0.05, 0.1) is 6.42 Å². The smallest absolute Gasteiger partial charge is 0.228 e. The normalized spacial score (nSPS) is 12.2. The van der Waals surface area contributed by atoms with Crippen LogP contribution in [-0.4, -0.2) is 21.0 Å². The van der Waals surface area contributed by atoms with E-state index in [9.17, 15) is 4.79 Å². The van der Waals surface area contributed by atoms with Gasteiger partial charge in [-0.2, -0.15) is 0 Å². The maximum absolute atomic E-state index is 12.3. The Labute approximate surface area is 179 Å². The molecule has 0 saturated heterocycles. The molecule has 0 heterocycles. The van der Waals surface area contributed by atoms with Crippen LogP contribution in [0, 0.1) is 13.8 Å². The van der Waals surface area contributed by atoms with Gasteiger partial charge in [-0.25, -0.2) is 0 Å². The minimum atomic E-state index is -1.79. The van der Waals surface area contributed by atoms with Gasteiger partial charge in [0.1, 0.15) is 6.17 Å². The topological polar surface area (TPSA) is 53.2 Å². The van der Waals surface area contributed by atoms with Gasteiger partial charge in [0.15, 0.2) is 5.11 Å². The molecule has 0 spiro atoms. The van der Waals surface area contributed by atoms with Crippen molar-refractivity contribution in [2.24, 2.45) is 0 Å². The molecular formula is C19H20Cl3N3OS. The predicted molar refractivity (Wildman–Crippen MR) is 118 cm³/mol. The fourth-order valence-electron chi connectivity index (χ4n) is 2.44. The first kappa shape index (κ1) is 21.8. The highest BCUT2D eigenvalue weighted by Gasteiger charge is 2.34. The van der Waals surface area contributed by atoms with Crippen LogP contribution >= 0.6 is 47.0 Å². The number of amides is 1. The summed E-state index contributed by atoms with van der Waals surface area (Å²) in [6.07, 6.45) is -0.832. The molecule has 3 N–H and O–H groups in total. The summed E-state index contributed by atoms with van der Waals surface area (Å²) < 4.78 is -1.79. The molecule has 144 valence electrons. The highest BCUT2D eigenvalue weighted by atomic mass is 35.6. The maximum atomic E-state index is 12.3. The summed E-state index contributed by atoms with van der Waals surface area (Å²) in [6, 6.07) is 15.2. The average molecular weight is 445 g/mol. The third-order valence-corrected chi connectivity index (χ3v) is 4.62. The number of carbonyl (C=O) groups excluding carboxylic acids is 1. The van der Waals surface area contributed by atoms with Crippen LogP contribution in [0.1, 0.15) is 16.7 Å². The lowest BCUT2D eigenvalue weighted by molar-refractivity contribution is -0.121. The van der Waals surface area contributed by atoms with Gasteiger partial charge in [-0.3, -0.25) is 4.79 Å². The summed E-state index contributed by atoms with van der Waals surface area (Å²) >= 11 is 23.3. The Kier molecular flexibility index (Phi) is 7.74. The van der Waals surface area contributed by atoms with E-state index >= 15 is 0 Å². The maximum Gasteiger partial charge on any atom is 0.228 e. The van der Waals surface area contributed by atoms with E-state index < -0.39 is 9.96 Å². The second-order valence-corrected chi connectivity index (χ2v) is 8.90. The van der Waals surface area contributed by atoms with Crippen LogP contribution < -0.4 is 16.0 Å². The molecule has 0 saturated carbocycles. The van der Waals surface area contributed by atoms with Gasteiger partial charge in [0.25, 0.3) is 0 Å². The first-order valence-electron chi connectivity index (χ1n) is 8.20. The van der Waals surface area contributed by atoms with Crippen LogP contribution in [0.15, 0.2) is 48.5 Å². The zero-order valence-electron chi connectivity index (χ0n) is 14.9. The van der Waals surface area contributed by atoms with Crippen LogP contribution in [0.4, 0.5) is 5.69 Å². The van der Waals surface area contributed by atoms with Gasteiger partial charge in [-0.1, -0.05) is 82.8 Å². The number of hydrogen-bond donors (Lipinski definition) is 3. The average Bonchev–Trinajstić information content (AvgIpc) is 2.57. The Balaban J connectivity index is 2.01. The van der Waals surface area contributed by atoms with Gasteiger partial charge in [-0.05, 0) is 43.3 Å². The molecule has 2 rings (SSSR count). The minimum Gasteiger partial charge on any atom is -0.339 e. The van der Waals surface area contributed by atoms with Crippen molar-refractivity contribution in [1.82, 2.24) is 10.6 Å². The number of carbonyl (C=O) groups is 1. The Morgan fingerprint density at radius 2 is 1.74 bits per heavy atom. The summed E-state index contributed by atoms with van der Waals surface area (Å²) in [7, 11) is 0. The lowest BCUT2D eigenvalue weighted by Crippen LogP contribution is -2.56. The van der Waals surface area contributed by atoms with Crippen molar-refractivity contribution in [3.8, 4) is 0 Å². The lowest BCUT2D eigenvalue weighted by atomic mass is 10.1. The Bertz CT molecular complexity index is 810. The van der Waals surface area contributed by atoms with Crippen LogP contribution in [-0.2, 0) is 11.2 Å². The number of hydrogen-bond acceptors (Lipinski definition) is 2. The molecule has 0 aliphatic heterocycles. The van der Waals surface area contributed by atoms with Gasteiger partial charge in [-0.15, -0.1) is 0 Å². The van der Waals surface area contributed by atoms with Crippen LogP contribution in [0.2, 0.25) is 0 Å². The van der Waals surface area contributed by atoms with Crippen molar-refractivity contribution in [3.63, 3.8) is 0 Å². The second kappa shape index (κ2) is 9.60. The zero-order chi connectivity index (χ0) is 20.0. The van der Waals surface area contributed by atoms with Gasteiger partial charge >= 0.3 is 0 Å². The fraction of sp³-hybridized carbons (Fsp3) is 0.263. The van der Waals surface area contributed by atoms with Crippen molar-refractivity contribution >= 4 is 63.7 Å². The first-order valence-corrected chi connectivity index (χ1v) is 9.74. The molecule has 0 unspecified atom stereocenters. The van der Waals surface area contributed by atoms with Gasteiger partial charge in [0, 0.05) is 5.69 Å². The molecule has 0 radical (unpaired) electrons. The molecule has 2 aromatic carbocycles. The monoisotopic (exact) mass is 443 g/mol. The molecule has 2 aromatic rings. The number of alkyl halides is 3. The van der Waals surface area contributed by atoms with Crippen molar-refractivity contribution in [1.29, 1.82) is 0 Å². The summed E-state index contributed by atoms with van der Waals surface area (Å²) in [5.74, 6) is -0.292. The molecule has 0 aliphatic rings. The predicted octanol–water partition coefficient (Wildman–Crippen LogP) is 4.65. The number of rotatable bonds is 5. The quantitative estimate of drug-likeness (QED) is 0.357. The molecule has 0 aliphatic carbocycles. The Morgan fingerprint density at radius 1 is 1.07 bits per heavy atom. The number of halogens is 3. The molecule has 0 fully saturated rings. The lowest BCUT2D eigenvalue weighted by Gasteiger charge is -2.28. The Hall–Kier alpha value is -1.53. The third-order valence-electron chi connectivity index (χ3n) is 3.75. The van der Waals surface area contributed by atoms with E-state index in [-0.39, 0.29) is 17.4 Å². The molecule has 27 heavy (non-hydrogen) atoms. The summed E-state index contributed by atoms with van der Waals surface area (Å²) in [4.78, 5) is 12.3. The Morgan fingerprint density at radius 3 is 2.33 bits per heavy atom. The highest BCUT2D eigenvalue weighted by molar-refractivity contribution is 7.80. The van der Waals surface area contributed by atoms with Gasteiger partial charge in [0.2, 0.25) is 9.70 Å². The molecule has 0 aromatic heterocycles. The molecule has 1 atom stereocenters. The van der Waals surface area contributed by atoms with E-state index in [2.05, 4.69) is 16.0 Å². The molecular weight excluding hydrogens is 425 g/mol. The van der Waals surface area contributed by atoms with Crippen molar-refractivity contribution in [2.75, 3.05) is 5.32 Å². The molecule has 0 bridgehead atoms. The van der Waals surface area contributed by atoms with Crippen molar-refractivity contribution < 1.29 is 4.79 Å². The van der Waals surface area contributed by atoms with Crippen molar-refractivity contribution in [2.45, 2.75) is 30.2 Å². The van der Waals surface area contributed by atoms with E-state index in [0.29, 0.717) is 0 Å². The minimum absolute atomic E-state index is 0.164. The standard InChI is InChI=1S/C19H20Cl3N3OS/c1-12-8-9-15(13(2)10-12)23-18(27)25-17(19(20,21)22)24-16(26)11-14-6-4-3-5-7-14/h3-10,17H,11H2,1-2H3,(H,24,26)(H2,23,25,27)/t17-/m1/s1. The molecule has 4 nitrogen and oxygen atoms in total. The summed E-state index contributed by atoms with van der Waals surface area (Å²) in [6.45, 7) is 3.97. The largest absolute Gasteiger partial charge is 0.339 e. The van der Waals surface area contributed by atoms with Gasteiger partial charge < -0.3 is 16.0 Å². The zero-order valence-corrected chi connectivity index (χ0v) is 17.9. The molecule has 1 amide bonds. The third kappa shape index (κ3) is 7.18. The number of thiocarbonyl (C=S) groups is 1. The highest BCUT2D eigenvalue weighted by Crippen LogP contribution is 2.29. The summed E-state index contributed by atoms with van der Waals surface area (Å²) in [5, 5.41) is 8.82. The number of nitrogens with one attached hydrogen (secondary N) is 3. The number of benzene rings is 2. The molecule has 8 heteroatoms. The van der Waals surface area contributed by atoms with E-state index in [1.165, 1.54) is 0 Å². The fourth-order valence-corrected chi connectivity index (χ4v) is 2.99. The van der Waals surface area contributed by atoms with Crippen molar-refractivity contribution in [3.05, 3.63) is 65.2 Å². The van der Waals surface area contributed by atoms with E-state index in [4.69, 9.17) is 47.0 Å². The van der Waals surface area contributed by atoms with E-state index in [1.807, 2.05) is 62.4 Å².